The molecule has 1 fully saturated rings. The van der Waals surface area contributed by atoms with Crippen LogP contribution in [0, 0.1) is 5.82 Å². The predicted molar refractivity (Wildman–Crippen MR) is 66.9 cm³/mol. The first-order chi connectivity index (χ1) is 8.13. The van der Waals surface area contributed by atoms with Gasteiger partial charge in [-0.3, -0.25) is 0 Å². The Labute approximate surface area is 105 Å². The van der Waals surface area contributed by atoms with Crippen molar-refractivity contribution in [2.24, 2.45) is 5.73 Å². The maximum atomic E-state index is 13.2. The van der Waals surface area contributed by atoms with Crippen molar-refractivity contribution in [1.29, 1.82) is 0 Å². The van der Waals surface area contributed by atoms with Crippen LogP contribution in [-0.4, -0.2) is 25.3 Å². The molecule has 0 amide bonds. The van der Waals surface area contributed by atoms with Crippen LogP contribution in [0.4, 0.5) is 10.1 Å². The van der Waals surface area contributed by atoms with Crippen molar-refractivity contribution >= 4 is 17.3 Å². The molecule has 1 aliphatic heterocycles. The average Bonchev–Trinajstić information content (AvgIpc) is 2.29. The molecule has 94 valence electrons. The minimum absolute atomic E-state index is 0.213. The molecule has 1 aromatic rings. The quantitative estimate of drug-likeness (QED) is 0.875. The van der Waals surface area contributed by atoms with Gasteiger partial charge in [0.2, 0.25) is 0 Å². The molecule has 3 nitrogen and oxygen atoms in total. The third kappa shape index (κ3) is 3.09. The van der Waals surface area contributed by atoms with Gasteiger partial charge in [-0.1, -0.05) is 11.6 Å². The van der Waals surface area contributed by atoms with Gasteiger partial charge >= 0.3 is 0 Å². The van der Waals surface area contributed by atoms with E-state index in [1.807, 2.05) is 0 Å². The van der Waals surface area contributed by atoms with E-state index in [2.05, 4.69) is 5.32 Å². The third-order valence-electron chi connectivity index (χ3n) is 3.11. The van der Waals surface area contributed by atoms with Gasteiger partial charge in [0, 0.05) is 30.5 Å². The minimum atomic E-state index is -0.348. The first kappa shape index (κ1) is 12.6. The molecule has 0 radical (unpaired) electrons. The van der Waals surface area contributed by atoms with Gasteiger partial charge in [-0.15, -0.1) is 0 Å². The molecule has 2 rings (SSSR count). The second kappa shape index (κ2) is 5.21. The number of nitrogens with one attached hydrogen (secondary N) is 1. The Kier molecular flexibility index (Phi) is 3.86. The minimum Gasteiger partial charge on any atom is -0.381 e. The van der Waals surface area contributed by atoms with Crippen LogP contribution in [-0.2, 0) is 4.74 Å². The highest BCUT2D eigenvalue weighted by atomic mass is 35.5. The van der Waals surface area contributed by atoms with Crippen LogP contribution in [0.1, 0.15) is 12.8 Å². The van der Waals surface area contributed by atoms with Gasteiger partial charge in [0.05, 0.1) is 5.54 Å². The molecule has 0 spiro atoms. The largest absolute Gasteiger partial charge is 0.381 e. The van der Waals surface area contributed by atoms with E-state index in [9.17, 15) is 4.39 Å². The fourth-order valence-electron chi connectivity index (χ4n) is 2.07. The highest BCUT2D eigenvalue weighted by molar-refractivity contribution is 6.30. The predicted octanol–water partition coefficient (Wildman–Crippen LogP) is 2.40. The summed E-state index contributed by atoms with van der Waals surface area (Å²) in [7, 11) is 0. The van der Waals surface area contributed by atoms with E-state index in [0.717, 1.165) is 12.8 Å². The molecular weight excluding hydrogens is 243 g/mol. The van der Waals surface area contributed by atoms with Crippen molar-refractivity contribution in [3.8, 4) is 0 Å². The molecule has 5 heteroatoms. The number of nitrogens with two attached hydrogens (primary N) is 1. The molecule has 1 heterocycles. The monoisotopic (exact) mass is 258 g/mol. The fraction of sp³-hybridized carbons (Fsp3) is 0.500. The summed E-state index contributed by atoms with van der Waals surface area (Å²) >= 11 is 5.82. The van der Waals surface area contributed by atoms with Gasteiger partial charge in [-0.25, -0.2) is 4.39 Å². The number of halogens is 2. The van der Waals surface area contributed by atoms with Gasteiger partial charge in [0.25, 0.3) is 0 Å². The van der Waals surface area contributed by atoms with Gasteiger partial charge < -0.3 is 15.8 Å². The lowest BCUT2D eigenvalue weighted by atomic mass is 9.90. The van der Waals surface area contributed by atoms with E-state index in [0.29, 0.717) is 30.5 Å². The fourth-order valence-corrected chi connectivity index (χ4v) is 2.30. The molecule has 1 saturated heterocycles. The first-order valence-corrected chi connectivity index (χ1v) is 6.03. The molecule has 0 bridgehead atoms. The molecule has 0 aromatic heterocycles. The lowest BCUT2D eigenvalue weighted by molar-refractivity contribution is 0.0628. The van der Waals surface area contributed by atoms with Gasteiger partial charge in [-0.2, -0.15) is 0 Å². The van der Waals surface area contributed by atoms with Crippen LogP contribution in [0.5, 0.6) is 0 Å². The number of hydrogen-bond acceptors (Lipinski definition) is 3. The zero-order chi connectivity index (χ0) is 12.3. The van der Waals surface area contributed by atoms with E-state index < -0.39 is 0 Å². The summed E-state index contributed by atoms with van der Waals surface area (Å²) in [4.78, 5) is 0. The van der Waals surface area contributed by atoms with E-state index in [1.165, 1.54) is 12.1 Å². The van der Waals surface area contributed by atoms with Crippen LogP contribution in [0.15, 0.2) is 18.2 Å². The van der Waals surface area contributed by atoms with E-state index in [1.54, 1.807) is 6.07 Å². The summed E-state index contributed by atoms with van der Waals surface area (Å²) in [5, 5.41) is 3.68. The number of rotatable bonds is 3. The second-order valence-electron chi connectivity index (χ2n) is 4.38. The molecule has 17 heavy (non-hydrogen) atoms. The SMILES string of the molecule is NCC1(Nc2cc(F)cc(Cl)c2)CCOCC1. The average molecular weight is 259 g/mol. The Bertz CT molecular complexity index is 374. The van der Waals surface area contributed by atoms with Crippen molar-refractivity contribution in [2.75, 3.05) is 25.1 Å². The molecule has 1 aliphatic rings. The Morgan fingerprint density at radius 3 is 2.65 bits per heavy atom. The molecular formula is C12H16ClFN2O. The first-order valence-electron chi connectivity index (χ1n) is 5.66. The van der Waals surface area contributed by atoms with E-state index in [4.69, 9.17) is 22.1 Å². The number of ether oxygens (including phenoxy) is 1. The van der Waals surface area contributed by atoms with Gasteiger partial charge in [0.15, 0.2) is 0 Å². The number of hydrogen-bond donors (Lipinski definition) is 2. The second-order valence-corrected chi connectivity index (χ2v) is 4.82. The number of benzene rings is 1. The molecule has 0 atom stereocenters. The van der Waals surface area contributed by atoms with Crippen molar-refractivity contribution in [3.05, 3.63) is 29.0 Å². The standard InChI is InChI=1S/C12H16ClFN2O/c13-9-5-10(14)7-11(6-9)16-12(8-15)1-3-17-4-2-12/h5-7,16H,1-4,8,15H2. The maximum Gasteiger partial charge on any atom is 0.126 e. The molecule has 0 aliphatic carbocycles. The van der Waals surface area contributed by atoms with Gasteiger partial charge in [0.1, 0.15) is 5.82 Å². The Morgan fingerprint density at radius 2 is 2.06 bits per heavy atom. The summed E-state index contributed by atoms with van der Waals surface area (Å²) in [6.45, 7) is 1.84. The van der Waals surface area contributed by atoms with E-state index in [-0.39, 0.29) is 11.4 Å². The molecule has 1 aromatic carbocycles. The Morgan fingerprint density at radius 1 is 1.35 bits per heavy atom. The third-order valence-corrected chi connectivity index (χ3v) is 3.33. The van der Waals surface area contributed by atoms with Crippen LogP contribution in [0.3, 0.4) is 0 Å². The summed E-state index contributed by atoms with van der Waals surface area (Å²) in [6, 6.07) is 4.42. The smallest absolute Gasteiger partial charge is 0.126 e. The molecule has 0 saturated carbocycles. The van der Waals surface area contributed by atoms with Gasteiger partial charge in [-0.05, 0) is 31.0 Å². The maximum absolute atomic E-state index is 13.2. The molecule has 0 unspecified atom stereocenters. The number of anilines is 1. The lowest BCUT2D eigenvalue weighted by Crippen LogP contribution is -2.49. The van der Waals surface area contributed by atoms with Crippen molar-refractivity contribution < 1.29 is 9.13 Å². The normalized spacial score (nSPS) is 19.0. The zero-order valence-corrected chi connectivity index (χ0v) is 10.3. The van der Waals surface area contributed by atoms with E-state index >= 15 is 0 Å². The van der Waals surface area contributed by atoms with Crippen LogP contribution in [0.25, 0.3) is 0 Å². The highest BCUT2D eigenvalue weighted by Gasteiger charge is 2.31. The summed E-state index contributed by atoms with van der Waals surface area (Å²) in [6.07, 6.45) is 1.63. The van der Waals surface area contributed by atoms with Crippen molar-refractivity contribution in [1.82, 2.24) is 0 Å². The molecule has 3 N–H and O–H groups in total. The summed E-state index contributed by atoms with van der Waals surface area (Å²) in [5.74, 6) is -0.348. The van der Waals surface area contributed by atoms with Crippen LogP contribution in [0.2, 0.25) is 5.02 Å². The summed E-state index contributed by atoms with van der Waals surface area (Å²) in [5.41, 5.74) is 6.27. The highest BCUT2D eigenvalue weighted by Crippen LogP contribution is 2.27. The lowest BCUT2D eigenvalue weighted by Gasteiger charge is -2.37. The Balaban J connectivity index is 2.17. The van der Waals surface area contributed by atoms with Crippen LogP contribution >= 0.6 is 11.6 Å². The summed E-state index contributed by atoms with van der Waals surface area (Å²) < 4.78 is 18.5. The topological polar surface area (TPSA) is 47.3 Å². The van der Waals surface area contributed by atoms with Crippen molar-refractivity contribution in [2.45, 2.75) is 18.4 Å². The zero-order valence-electron chi connectivity index (χ0n) is 9.51. The Hall–Kier alpha value is -0.840. The van der Waals surface area contributed by atoms with Crippen LogP contribution < -0.4 is 11.1 Å². The van der Waals surface area contributed by atoms with Crippen molar-refractivity contribution in [3.63, 3.8) is 0 Å².